The van der Waals surface area contributed by atoms with E-state index < -0.39 is 0 Å². The van der Waals surface area contributed by atoms with Gasteiger partial charge in [0.15, 0.2) is 0 Å². The number of hydrogen-bond acceptors (Lipinski definition) is 2. The van der Waals surface area contributed by atoms with Crippen molar-refractivity contribution in [1.82, 2.24) is 0 Å². The molecular weight excluding hydrogens is 282 g/mol. The fourth-order valence-corrected chi connectivity index (χ4v) is 5.02. The van der Waals surface area contributed by atoms with Gasteiger partial charge in [0.2, 0.25) is 0 Å². The van der Waals surface area contributed by atoms with Gasteiger partial charge in [-0.1, -0.05) is 0 Å². The quantitative estimate of drug-likeness (QED) is 0.646. The first-order chi connectivity index (χ1) is 5.97. The van der Waals surface area contributed by atoms with Crippen LogP contribution in [-0.4, -0.2) is 42.3 Å². The number of nitrogens with zero attached hydrogens (tertiary/aromatic N) is 2. The molecule has 0 saturated carbocycles. The van der Waals surface area contributed by atoms with E-state index in [1.54, 1.807) is 0 Å². The van der Waals surface area contributed by atoms with Crippen LogP contribution in [0.15, 0.2) is 31.3 Å². The monoisotopic (exact) mass is 292 g/mol. The first kappa shape index (κ1) is 8.46. The Hall–Kier alpha value is -0.141. The Labute approximate surface area is 84.3 Å². The van der Waals surface area contributed by atoms with Gasteiger partial charge in [0.1, 0.15) is 0 Å². The maximum atomic E-state index is 4.18. The van der Waals surface area contributed by atoms with Crippen LogP contribution in [0.5, 0.6) is 0 Å². The average Bonchev–Trinajstić information content (AvgIpc) is 2.21. The third-order valence-corrected chi connectivity index (χ3v) is 6.11. The summed E-state index contributed by atoms with van der Waals surface area (Å²) in [5.41, 5.74) is 0. The van der Waals surface area contributed by atoms with Crippen molar-refractivity contribution in [2.75, 3.05) is 0 Å². The molecule has 0 radical (unpaired) electrons. The Balaban J connectivity index is 2.17. The third-order valence-electron chi connectivity index (χ3n) is 1.46. The summed E-state index contributed by atoms with van der Waals surface area (Å²) >= 11 is 1.23. The molecule has 0 amide bonds. The molecule has 2 aliphatic heterocycles. The van der Waals surface area contributed by atoms with Gasteiger partial charge in [-0.25, -0.2) is 0 Å². The molecule has 0 fully saturated rings. The molecule has 0 aromatic rings. The van der Waals surface area contributed by atoms with Gasteiger partial charge in [-0.15, -0.1) is 0 Å². The topological polar surface area (TPSA) is 24.7 Å². The second-order valence-electron chi connectivity index (χ2n) is 2.27. The second-order valence-corrected chi connectivity index (χ2v) is 6.73. The zero-order valence-electron chi connectivity index (χ0n) is 6.43. The minimum absolute atomic E-state index is 0.613. The summed E-state index contributed by atoms with van der Waals surface area (Å²) in [5, 5.41) is 2.30. The van der Waals surface area contributed by atoms with Crippen molar-refractivity contribution >= 4 is 42.3 Å². The van der Waals surface area contributed by atoms with Crippen LogP contribution in [0.4, 0.5) is 0 Å². The molecule has 0 aliphatic carbocycles. The Morgan fingerprint density at radius 3 is 1.75 bits per heavy atom. The molecule has 0 aromatic heterocycles. The van der Waals surface area contributed by atoms with E-state index in [2.05, 4.69) is 9.98 Å². The molecule has 0 bridgehead atoms. The molecular formula is C8H8N2Se2. The summed E-state index contributed by atoms with van der Waals surface area (Å²) in [6.07, 6.45) is 8.03. The second kappa shape index (κ2) is 4.20. The molecule has 0 N–H and O–H groups in total. The predicted octanol–water partition coefficient (Wildman–Crippen LogP) is 1.08. The Morgan fingerprint density at radius 2 is 1.42 bits per heavy atom. The van der Waals surface area contributed by atoms with E-state index in [-0.39, 0.29) is 0 Å². The van der Waals surface area contributed by atoms with E-state index in [9.17, 15) is 0 Å². The predicted molar refractivity (Wildman–Crippen MR) is 54.3 cm³/mol. The Morgan fingerprint density at radius 1 is 0.917 bits per heavy atom. The molecule has 4 heteroatoms. The van der Waals surface area contributed by atoms with Crippen molar-refractivity contribution in [1.29, 1.82) is 0 Å². The van der Waals surface area contributed by atoms with Crippen molar-refractivity contribution in [3.8, 4) is 0 Å². The molecule has 0 unspecified atom stereocenters. The van der Waals surface area contributed by atoms with Gasteiger partial charge in [-0.3, -0.25) is 0 Å². The van der Waals surface area contributed by atoms with Crippen molar-refractivity contribution < 1.29 is 0 Å². The molecule has 0 atom stereocenters. The third kappa shape index (κ3) is 1.96. The fraction of sp³-hybridized carbons (Fsp3) is 0.250. The van der Waals surface area contributed by atoms with Gasteiger partial charge >= 0.3 is 84.3 Å². The van der Waals surface area contributed by atoms with Gasteiger partial charge in [0, 0.05) is 0 Å². The van der Waals surface area contributed by atoms with Gasteiger partial charge in [0.25, 0.3) is 0 Å². The zero-order valence-corrected chi connectivity index (χ0v) is 9.86. The van der Waals surface area contributed by atoms with Crippen LogP contribution in [0.25, 0.3) is 0 Å². The molecule has 62 valence electrons. The van der Waals surface area contributed by atoms with Crippen molar-refractivity contribution in [2.45, 2.75) is 10.6 Å². The average molecular weight is 290 g/mol. The van der Waals surface area contributed by atoms with E-state index in [1.807, 2.05) is 24.8 Å². The number of aliphatic imine (C=N–C) groups is 2. The summed E-state index contributed by atoms with van der Waals surface area (Å²) in [4.78, 5) is 8.36. The number of hydrogen-bond donors (Lipinski definition) is 0. The van der Waals surface area contributed by atoms with E-state index in [1.165, 1.54) is 8.94 Å². The molecule has 0 aromatic carbocycles. The van der Waals surface area contributed by atoms with E-state index in [0.29, 0.717) is 29.9 Å². The normalized spacial score (nSPS) is 22.0. The van der Waals surface area contributed by atoms with Crippen LogP contribution in [0.3, 0.4) is 0 Å². The summed E-state index contributed by atoms with van der Waals surface area (Å²) in [5.74, 6) is 0. The van der Waals surface area contributed by atoms with Crippen LogP contribution in [0.1, 0.15) is 0 Å². The van der Waals surface area contributed by atoms with E-state index in [0.717, 1.165) is 10.6 Å². The van der Waals surface area contributed by atoms with Crippen LogP contribution in [0.2, 0.25) is 10.6 Å². The molecule has 0 saturated heterocycles. The van der Waals surface area contributed by atoms with E-state index in [4.69, 9.17) is 0 Å². The van der Waals surface area contributed by atoms with Crippen LogP contribution < -0.4 is 0 Å². The van der Waals surface area contributed by atoms with Crippen molar-refractivity contribution in [2.24, 2.45) is 9.98 Å². The van der Waals surface area contributed by atoms with Crippen molar-refractivity contribution in [3.63, 3.8) is 0 Å². The van der Waals surface area contributed by atoms with Gasteiger partial charge < -0.3 is 0 Å². The molecule has 2 nitrogen and oxygen atoms in total. The summed E-state index contributed by atoms with van der Waals surface area (Å²) in [6.45, 7) is 0. The molecule has 2 rings (SSSR count). The van der Waals surface area contributed by atoms with Gasteiger partial charge in [-0.2, -0.15) is 0 Å². The SMILES string of the molecule is C1=NC=C(C2=CN=CC[Se]2)[Se]C1. The first-order valence-corrected chi connectivity index (χ1v) is 7.80. The number of rotatable bonds is 1. The first-order valence-electron chi connectivity index (χ1n) is 3.66. The van der Waals surface area contributed by atoms with Gasteiger partial charge in [-0.05, 0) is 0 Å². The Kier molecular flexibility index (Phi) is 2.96. The molecule has 2 heterocycles. The molecule has 2 aliphatic rings. The minimum atomic E-state index is 0.613. The fourth-order valence-electron chi connectivity index (χ4n) is 0.925. The van der Waals surface area contributed by atoms with Crippen molar-refractivity contribution in [3.05, 3.63) is 21.3 Å². The van der Waals surface area contributed by atoms with Crippen LogP contribution in [-0.2, 0) is 0 Å². The van der Waals surface area contributed by atoms with Gasteiger partial charge in [0.05, 0.1) is 0 Å². The van der Waals surface area contributed by atoms with Crippen LogP contribution in [0, 0.1) is 0 Å². The molecule has 0 spiro atoms. The maximum absolute atomic E-state index is 4.18. The summed E-state index contributed by atoms with van der Waals surface area (Å²) in [6, 6.07) is 0. The molecule has 12 heavy (non-hydrogen) atoms. The summed E-state index contributed by atoms with van der Waals surface area (Å²) < 4.78 is 2.92. The van der Waals surface area contributed by atoms with Crippen LogP contribution >= 0.6 is 0 Å². The zero-order chi connectivity index (χ0) is 8.23. The van der Waals surface area contributed by atoms with E-state index >= 15 is 0 Å². The Bertz CT molecular complexity index is 259. The number of allylic oxidation sites excluding steroid dienone is 2. The summed E-state index contributed by atoms with van der Waals surface area (Å²) in [7, 11) is 0. The standard InChI is InChI=1S/C8H8N2Se2/c1-3-11-7(5-9-1)8-6-10-2-4-12-8/h1-2,5-6H,3-4H2.